The number of esters is 1. The van der Waals surface area contributed by atoms with Crippen molar-refractivity contribution in [1.29, 1.82) is 0 Å². The third-order valence-corrected chi connectivity index (χ3v) is 3.89. The van der Waals surface area contributed by atoms with E-state index in [4.69, 9.17) is 4.74 Å². The zero-order valence-electron chi connectivity index (χ0n) is 10.8. The Labute approximate surface area is 111 Å². The standard InChI is InChI=1S/C13H15NO4S/c1-3-18-13(15)9-14-7-6-10-8-11(19(2,16)17)4-5-12(10)14/h4-8H,3,9H2,1-2H3. The molecule has 0 atom stereocenters. The molecule has 0 aliphatic rings. The number of carbonyl (C=O) groups excluding carboxylic acids is 1. The first-order valence-corrected chi connectivity index (χ1v) is 7.75. The molecule has 0 spiro atoms. The van der Waals surface area contributed by atoms with Gasteiger partial charge in [-0.1, -0.05) is 0 Å². The van der Waals surface area contributed by atoms with E-state index in [2.05, 4.69) is 0 Å². The molecule has 1 aromatic heterocycles. The Kier molecular flexibility index (Phi) is 3.61. The van der Waals surface area contributed by atoms with E-state index in [9.17, 15) is 13.2 Å². The molecule has 6 heteroatoms. The highest BCUT2D eigenvalue weighted by atomic mass is 32.2. The van der Waals surface area contributed by atoms with Crippen LogP contribution in [-0.4, -0.2) is 31.8 Å². The molecule has 0 aliphatic heterocycles. The molecule has 0 amide bonds. The van der Waals surface area contributed by atoms with Gasteiger partial charge in [0.2, 0.25) is 0 Å². The Bertz CT molecular complexity index is 715. The quantitative estimate of drug-likeness (QED) is 0.799. The number of carbonyl (C=O) groups is 1. The molecule has 0 fully saturated rings. The Balaban J connectivity index is 2.37. The number of benzene rings is 1. The molecule has 1 heterocycles. The topological polar surface area (TPSA) is 65.4 Å². The number of sulfone groups is 1. The summed E-state index contributed by atoms with van der Waals surface area (Å²) >= 11 is 0. The van der Waals surface area contributed by atoms with Crippen LogP contribution in [0.3, 0.4) is 0 Å². The number of rotatable bonds is 4. The Morgan fingerprint density at radius 3 is 2.68 bits per heavy atom. The van der Waals surface area contributed by atoms with E-state index in [1.54, 1.807) is 42.0 Å². The highest BCUT2D eigenvalue weighted by Crippen LogP contribution is 2.20. The molecular formula is C13H15NO4S. The highest BCUT2D eigenvalue weighted by molar-refractivity contribution is 7.90. The van der Waals surface area contributed by atoms with Gasteiger partial charge in [-0.3, -0.25) is 4.79 Å². The smallest absolute Gasteiger partial charge is 0.325 e. The SMILES string of the molecule is CCOC(=O)Cn1ccc2cc(S(C)(=O)=O)ccc21. The molecule has 5 nitrogen and oxygen atoms in total. The fourth-order valence-corrected chi connectivity index (χ4v) is 2.55. The highest BCUT2D eigenvalue weighted by Gasteiger charge is 2.11. The van der Waals surface area contributed by atoms with Crippen molar-refractivity contribution in [2.75, 3.05) is 12.9 Å². The van der Waals surface area contributed by atoms with E-state index in [1.165, 1.54) is 6.26 Å². The van der Waals surface area contributed by atoms with Gasteiger partial charge < -0.3 is 9.30 Å². The molecule has 0 bridgehead atoms. The summed E-state index contributed by atoms with van der Waals surface area (Å²) in [6, 6.07) is 6.62. The van der Waals surface area contributed by atoms with Gasteiger partial charge in [0.25, 0.3) is 0 Å². The molecule has 2 aromatic rings. The van der Waals surface area contributed by atoms with Crippen molar-refractivity contribution >= 4 is 26.7 Å². The number of hydrogen-bond acceptors (Lipinski definition) is 4. The fraction of sp³-hybridized carbons (Fsp3) is 0.308. The van der Waals surface area contributed by atoms with Crippen molar-refractivity contribution in [3.63, 3.8) is 0 Å². The third kappa shape index (κ3) is 2.96. The van der Waals surface area contributed by atoms with Crippen LogP contribution < -0.4 is 0 Å². The first kappa shape index (κ1) is 13.6. The molecule has 2 rings (SSSR count). The van der Waals surface area contributed by atoms with Gasteiger partial charge in [0.05, 0.1) is 11.5 Å². The summed E-state index contributed by atoms with van der Waals surface area (Å²) < 4.78 is 29.6. The van der Waals surface area contributed by atoms with Crippen LogP contribution in [0, 0.1) is 0 Å². The van der Waals surface area contributed by atoms with Crippen LogP contribution in [0.25, 0.3) is 10.9 Å². The predicted molar refractivity (Wildman–Crippen MR) is 71.7 cm³/mol. The second-order valence-corrected chi connectivity index (χ2v) is 6.26. The Morgan fingerprint density at radius 1 is 1.32 bits per heavy atom. The summed E-state index contributed by atoms with van der Waals surface area (Å²) in [6.45, 7) is 2.22. The number of hydrogen-bond donors (Lipinski definition) is 0. The number of ether oxygens (including phenoxy) is 1. The van der Waals surface area contributed by atoms with Crippen molar-refractivity contribution in [3.8, 4) is 0 Å². The van der Waals surface area contributed by atoms with E-state index in [0.717, 1.165) is 10.9 Å². The summed E-state index contributed by atoms with van der Waals surface area (Å²) in [7, 11) is -3.22. The van der Waals surface area contributed by atoms with Gasteiger partial charge in [0, 0.05) is 23.4 Å². The molecule has 0 saturated heterocycles. The van der Waals surface area contributed by atoms with Gasteiger partial charge in [-0.2, -0.15) is 0 Å². The average molecular weight is 281 g/mol. The van der Waals surface area contributed by atoms with Crippen LogP contribution in [0.2, 0.25) is 0 Å². The molecule has 19 heavy (non-hydrogen) atoms. The lowest BCUT2D eigenvalue weighted by Crippen LogP contribution is -2.12. The van der Waals surface area contributed by atoms with Crippen LogP contribution in [0.15, 0.2) is 35.4 Å². The third-order valence-electron chi connectivity index (χ3n) is 2.78. The van der Waals surface area contributed by atoms with Crippen molar-refractivity contribution in [2.45, 2.75) is 18.4 Å². The molecule has 102 valence electrons. The van der Waals surface area contributed by atoms with Crippen LogP contribution in [0.4, 0.5) is 0 Å². The summed E-state index contributed by atoms with van der Waals surface area (Å²) in [6.07, 6.45) is 2.91. The van der Waals surface area contributed by atoms with Crippen molar-refractivity contribution in [2.24, 2.45) is 0 Å². The minimum Gasteiger partial charge on any atom is -0.465 e. The first-order chi connectivity index (χ1) is 8.91. The number of fused-ring (bicyclic) bond motifs is 1. The van der Waals surface area contributed by atoms with E-state index in [-0.39, 0.29) is 17.4 Å². The second-order valence-electron chi connectivity index (χ2n) is 4.24. The molecular weight excluding hydrogens is 266 g/mol. The average Bonchev–Trinajstić information content (AvgIpc) is 2.71. The maximum absolute atomic E-state index is 11.5. The van der Waals surface area contributed by atoms with Gasteiger partial charge in [-0.15, -0.1) is 0 Å². The van der Waals surface area contributed by atoms with Crippen LogP contribution >= 0.6 is 0 Å². The minimum atomic E-state index is -3.22. The molecule has 0 radical (unpaired) electrons. The van der Waals surface area contributed by atoms with E-state index in [0.29, 0.717) is 6.61 Å². The van der Waals surface area contributed by atoms with Gasteiger partial charge >= 0.3 is 5.97 Å². The van der Waals surface area contributed by atoms with Crippen molar-refractivity contribution in [1.82, 2.24) is 4.57 Å². The molecule has 0 unspecified atom stereocenters. The minimum absolute atomic E-state index is 0.121. The van der Waals surface area contributed by atoms with Crippen molar-refractivity contribution < 1.29 is 17.9 Å². The summed E-state index contributed by atoms with van der Waals surface area (Å²) in [5.74, 6) is -0.313. The van der Waals surface area contributed by atoms with Gasteiger partial charge in [0.15, 0.2) is 9.84 Å². The lowest BCUT2D eigenvalue weighted by atomic mass is 10.2. The number of nitrogens with zero attached hydrogens (tertiary/aromatic N) is 1. The van der Waals surface area contributed by atoms with Crippen LogP contribution in [0.1, 0.15) is 6.92 Å². The second kappa shape index (κ2) is 5.05. The zero-order valence-corrected chi connectivity index (χ0v) is 11.6. The first-order valence-electron chi connectivity index (χ1n) is 5.86. The lowest BCUT2D eigenvalue weighted by Gasteiger charge is -2.05. The zero-order chi connectivity index (χ0) is 14.0. The number of aromatic nitrogens is 1. The Hall–Kier alpha value is -1.82. The summed E-state index contributed by atoms with van der Waals surface area (Å²) in [5.41, 5.74) is 0.806. The monoisotopic (exact) mass is 281 g/mol. The normalized spacial score (nSPS) is 11.7. The van der Waals surface area contributed by atoms with Gasteiger partial charge in [-0.25, -0.2) is 8.42 Å². The van der Waals surface area contributed by atoms with E-state index in [1.807, 2.05) is 0 Å². The Morgan fingerprint density at radius 2 is 2.05 bits per heavy atom. The maximum atomic E-state index is 11.5. The predicted octanol–water partition coefficient (Wildman–Crippen LogP) is 1.61. The summed E-state index contributed by atoms with van der Waals surface area (Å²) in [5, 5.41) is 0.784. The van der Waals surface area contributed by atoms with E-state index >= 15 is 0 Å². The fourth-order valence-electron chi connectivity index (χ4n) is 1.89. The maximum Gasteiger partial charge on any atom is 0.325 e. The molecule has 0 aliphatic carbocycles. The van der Waals surface area contributed by atoms with Gasteiger partial charge in [-0.05, 0) is 31.2 Å². The van der Waals surface area contributed by atoms with Crippen molar-refractivity contribution in [3.05, 3.63) is 30.5 Å². The van der Waals surface area contributed by atoms with Crippen LogP contribution in [0.5, 0.6) is 0 Å². The molecule has 0 N–H and O–H groups in total. The lowest BCUT2D eigenvalue weighted by molar-refractivity contribution is -0.143. The van der Waals surface area contributed by atoms with Crippen LogP contribution in [-0.2, 0) is 25.9 Å². The summed E-state index contributed by atoms with van der Waals surface area (Å²) in [4.78, 5) is 11.7. The van der Waals surface area contributed by atoms with Gasteiger partial charge in [0.1, 0.15) is 6.54 Å². The molecule has 1 aromatic carbocycles. The largest absolute Gasteiger partial charge is 0.465 e. The van der Waals surface area contributed by atoms with E-state index < -0.39 is 9.84 Å². The molecule has 0 saturated carbocycles.